The van der Waals surface area contributed by atoms with Gasteiger partial charge in [-0.2, -0.15) is 0 Å². The molecule has 2 aromatic heterocycles. The van der Waals surface area contributed by atoms with E-state index < -0.39 is 0 Å². The molecule has 5 nitrogen and oxygen atoms in total. The predicted octanol–water partition coefficient (Wildman–Crippen LogP) is 2.06. The zero-order valence-corrected chi connectivity index (χ0v) is 12.0. The second kappa shape index (κ2) is 5.33. The second-order valence-electron chi connectivity index (χ2n) is 5.74. The van der Waals surface area contributed by atoms with Crippen molar-refractivity contribution in [2.24, 2.45) is 0 Å². The summed E-state index contributed by atoms with van der Waals surface area (Å²) >= 11 is 0. The van der Waals surface area contributed by atoms with Crippen LogP contribution in [0.25, 0.3) is 10.9 Å². The second-order valence-corrected chi connectivity index (χ2v) is 5.74. The number of aromatic nitrogens is 4. The van der Waals surface area contributed by atoms with Crippen LogP contribution in [0.15, 0.2) is 36.8 Å². The van der Waals surface area contributed by atoms with Crippen LogP contribution in [0.5, 0.6) is 0 Å². The fourth-order valence-electron chi connectivity index (χ4n) is 2.92. The van der Waals surface area contributed by atoms with Crippen LogP contribution in [0, 0.1) is 0 Å². The molecule has 0 radical (unpaired) electrons. The third kappa shape index (κ3) is 2.56. The monoisotopic (exact) mass is 281 g/mol. The molecule has 3 heterocycles. The molecule has 0 atom stereocenters. The maximum Gasteiger partial charge on any atom is 0.0693 e. The van der Waals surface area contributed by atoms with Gasteiger partial charge in [0.25, 0.3) is 0 Å². The zero-order valence-electron chi connectivity index (χ0n) is 12.0. The molecule has 1 N–H and O–H groups in total. The smallest absolute Gasteiger partial charge is 0.0693 e. The summed E-state index contributed by atoms with van der Waals surface area (Å²) in [4.78, 5) is 5.89. The van der Waals surface area contributed by atoms with Gasteiger partial charge in [-0.25, -0.2) is 4.68 Å². The topological polar surface area (TPSA) is 49.7 Å². The molecular formula is C16H19N5. The number of nitrogens with one attached hydrogen (secondary N) is 1. The van der Waals surface area contributed by atoms with Gasteiger partial charge < -0.3 is 9.88 Å². The molecule has 0 saturated carbocycles. The third-order valence-electron chi connectivity index (χ3n) is 4.29. The van der Waals surface area contributed by atoms with Gasteiger partial charge in [0.2, 0.25) is 0 Å². The van der Waals surface area contributed by atoms with Crippen molar-refractivity contribution < 1.29 is 0 Å². The molecule has 1 fully saturated rings. The number of hydrogen-bond acceptors (Lipinski definition) is 3. The van der Waals surface area contributed by atoms with Gasteiger partial charge in [-0.1, -0.05) is 11.3 Å². The Balaban J connectivity index is 1.56. The fourth-order valence-corrected chi connectivity index (χ4v) is 2.92. The lowest BCUT2D eigenvalue weighted by molar-refractivity contribution is 0.184. The number of rotatable bonds is 5. The molecule has 3 aromatic rings. The number of aromatic amines is 1. The number of nitrogens with zero attached hydrogens (tertiary/aromatic N) is 4. The Morgan fingerprint density at radius 3 is 2.95 bits per heavy atom. The van der Waals surface area contributed by atoms with Gasteiger partial charge in [-0.3, -0.25) is 0 Å². The largest absolute Gasteiger partial charge is 0.361 e. The number of benzene rings is 1. The van der Waals surface area contributed by atoms with Crippen molar-refractivity contribution in [1.29, 1.82) is 0 Å². The zero-order chi connectivity index (χ0) is 14.1. The summed E-state index contributed by atoms with van der Waals surface area (Å²) in [5.41, 5.74) is 3.89. The Morgan fingerprint density at radius 1 is 1.24 bits per heavy atom. The minimum absolute atomic E-state index is 0.771. The summed E-state index contributed by atoms with van der Waals surface area (Å²) in [6.07, 6.45) is 8.24. The van der Waals surface area contributed by atoms with Crippen molar-refractivity contribution in [1.82, 2.24) is 24.9 Å². The van der Waals surface area contributed by atoms with E-state index in [1.54, 1.807) is 6.20 Å². The molecule has 4 rings (SSSR count). The highest BCUT2D eigenvalue weighted by Crippen LogP contribution is 2.21. The normalized spacial score (nSPS) is 15.4. The predicted molar refractivity (Wildman–Crippen MR) is 82.2 cm³/mol. The Labute approximate surface area is 123 Å². The number of fused-ring (bicyclic) bond motifs is 1. The summed E-state index contributed by atoms with van der Waals surface area (Å²) in [6.45, 7) is 4.47. The number of likely N-dealkylation sites (tertiary alicyclic amines) is 1. The maximum atomic E-state index is 4.03. The van der Waals surface area contributed by atoms with Crippen LogP contribution < -0.4 is 0 Å². The molecule has 0 bridgehead atoms. The minimum Gasteiger partial charge on any atom is -0.361 e. The van der Waals surface area contributed by atoms with E-state index in [9.17, 15) is 0 Å². The molecule has 1 saturated heterocycles. The van der Waals surface area contributed by atoms with Gasteiger partial charge >= 0.3 is 0 Å². The van der Waals surface area contributed by atoms with Gasteiger partial charge in [0.15, 0.2) is 0 Å². The van der Waals surface area contributed by atoms with Crippen molar-refractivity contribution in [2.75, 3.05) is 19.6 Å². The van der Waals surface area contributed by atoms with E-state index in [4.69, 9.17) is 0 Å². The summed E-state index contributed by atoms with van der Waals surface area (Å²) < 4.78 is 1.85. The molecule has 1 aliphatic heterocycles. The SMILES string of the molecule is c1cn(Cc2ccc3[nH]cc(CCN4CCC4)c3c2)nn1. The van der Waals surface area contributed by atoms with Crippen LogP contribution in [0.3, 0.4) is 0 Å². The van der Waals surface area contributed by atoms with Crippen molar-refractivity contribution in [2.45, 2.75) is 19.4 Å². The lowest BCUT2D eigenvalue weighted by atomic mass is 10.1. The average molecular weight is 281 g/mol. The lowest BCUT2D eigenvalue weighted by Crippen LogP contribution is -2.38. The first-order chi connectivity index (χ1) is 10.4. The van der Waals surface area contributed by atoms with E-state index in [0.29, 0.717) is 0 Å². The van der Waals surface area contributed by atoms with Gasteiger partial charge in [-0.15, -0.1) is 5.10 Å². The van der Waals surface area contributed by atoms with Crippen LogP contribution in [-0.2, 0) is 13.0 Å². The third-order valence-corrected chi connectivity index (χ3v) is 4.29. The van der Waals surface area contributed by atoms with E-state index >= 15 is 0 Å². The van der Waals surface area contributed by atoms with Gasteiger partial charge in [0.1, 0.15) is 0 Å². The van der Waals surface area contributed by atoms with E-state index in [1.807, 2.05) is 10.9 Å². The van der Waals surface area contributed by atoms with E-state index in [1.165, 1.54) is 48.1 Å². The Morgan fingerprint density at radius 2 is 2.19 bits per heavy atom. The van der Waals surface area contributed by atoms with E-state index in [0.717, 1.165) is 13.0 Å². The molecule has 108 valence electrons. The molecule has 1 aromatic carbocycles. The first-order valence-corrected chi connectivity index (χ1v) is 7.54. The number of hydrogen-bond donors (Lipinski definition) is 1. The van der Waals surface area contributed by atoms with Crippen LogP contribution in [0.1, 0.15) is 17.5 Å². The van der Waals surface area contributed by atoms with Crippen LogP contribution in [0.4, 0.5) is 0 Å². The Hall–Kier alpha value is -2.14. The standard InChI is InChI=1S/C16H19N5/c1-6-20(7-1)8-4-14-11-17-16-3-2-13(10-15(14)16)12-21-9-5-18-19-21/h2-3,5,9-11,17H,1,4,6-8,12H2. The highest BCUT2D eigenvalue weighted by Gasteiger charge is 2.14. The molecular weight excluding hydrogens is 262 g/mol. The van der Waals surface area contributed by atoms with Crippen LogP contribution >= 0.6 is 0 Å². The van der Waals surface area contributed by atoms with Gasteiger partial charge in [0.05, 0.1) is 12.7 Å². The molecule has 21 heavy (non-hydrogen) atoms. The summed E-state index contributed by atoms with van der Waals surface area (Å²) in [5, 5.41) is 9.23. The maximum absolute atomic E-state index is 4.03. The Kier molecular flexibility index (Phi) is 3.20. The van der Waals surface area contributed by atoms with Crippen molar-refractivity contribution in [3.05, 3.63) is 47.9 Å². The Bertz CT molecular complexity index is 724. The van der Waals surface area contributed by atoms with Crippen LogP contribution in [-0.4, -0.2) is 44.5 Å². The van der Waals surface area contributed by atoms with Crippen molar-refractivity contribution in [3.8, 4) is 0 Å². The highest BCUT2D eigenvalue weighted by atomic mass is 15.4. The molecule has 1 aliphatic rings. The molecule has 5 heteroatoms. The summed E-state index contributed by atoms with van der Waals surface area (Å²) in [5.74, 6) is 0. The molecule has 0 unspecified atom stereocenters. The minimum atomic E-state index is 0.771. The van der Waals surface area contributed by atoms with E-state index in [-0.39, 0.29) is 0 Å². The van der Waals surface area contributed by atoms with E-state index in [2.05, 4.69) is 44.6 Å². The fraction of sp³-hybridized carbons (Fsp3) is 0.375. The average Bonchev–Trinajstić information content (AvgIpc) is 3.07. The van der Waals surface area contributed by atoms with Gasteiger partial charge in [-0.05, 0) is 49.2 Å². The van der Waals surface area contributed by atoms with Crippen LogP contribution in [0.2, 0.25) is 0 Å². The van der Waals surface area contributed by atoms with Gasteiger partial charge in [0, 0.05) is 29.8 Å². The number of H-pyrrole nitrogens is 1. The highest BCUT2D eigenvalue weighted by molar-refractivity contribution is 5.83. The summed E-state index contributed by atoms with van der Waals surface area (Å²) in [6, 6.07) is 6.59. The first kappa shape index (κ1) is 12.6. The molecule has 0 amide bonds. The van der Waals surface area contributed by atoms with Crippen molar-refractivity contribution in [3.63, 3.8) is 0 Å². The van der Waals surface area contributed by atoms with Crippen molar-refractivity contribution >= 4 is 10.9 Å². The summed E-state index contributed by atoms with van der Waals surface area (Å²) in [7, 11) is 0. The molecule has 0 spiro atoms. The quantitative estimate of drug-likeness (QED) is 0.779. The molecule has 0 aliphatic carbocycles. The first-order valence-electron chi connectivity index (χ1n) is 7.54. The lowest BCUT2D eigenvalue weighted by Gasteiger charge is -2.30.